The van der Waals surface area contributed by atoms with Crippen molar-refractivity contribution in [2.75, 3.05) is 27.2 Å². The molecule has 0 aromatic rings. The van der Waals surface area contributed by atoms with Gasteiger partial charge < -0.3 is 0 Å². The molecule has 2 heterocycles. The molecule has 0 radical (unpaired) electrons. The highest BCUT2D eigenvalue weighted by atomic mass is 16.1. The van der Waals surface area contributed by atoms with E-state index in [2.05, 4.69) is 9.80 Å². The number of carbonyl (C=O) groups is 2. The number of carbonyl (C=O) groups excluding carboxylic acids is 2. The first-order valence-corrected chi connectivity index (χ1v) is 7.35. The zero-order valence-corrected chi connectivity index (χ0v) is 12.8. The van der Waals surface area contributed by atoms with E-state index in [1.165, 1.54) is 19.3 Å². The van der Waals surface area contributed by atoms with Gasteiger partial charge in [0, 0.05) is 0 Å². The van der Waals surface area contributed by atoms with Crippen molar-refractivity contribution in [1.82, 2.24) is 9.80 Å². The van der Waals surface area contributed by atoms with Gasteiger partial charge in [0.1, 0.15) is 11.6 Å². The van der Waals surface area contributed by atoms with Crippen molar-refractivity contribution in [3.8, 4) is 0 Å². The zero-order chi connectivity index (χ0) is 14.4. The molecule has 0 bridgehead atoms. The summed E-state index contributed by atoms with van der Waals surface area (Å²) in [6.07, 6.45) is 5.77. The van der Waals surface area contributed by atoms with Crippen LogP contribution >= 0.6 is 0 Å². The van der Waals surface area contributed by atoms with Gasteiger partial charge in [-0.2, -0.15) is 0 Å². The van der Waals surface area contributed by atoms with Crippen molar-refractivity contribution in [2.45, 2.75) is 58.0 Å². The standard InChI is InChI=1S/C8H15NO.C7H13NO/c1-7(10)8-5-3-4-6-9(8)2;1-6(9)7-4-3-5-8(7)2/h8H,3-6H2,1-2H3;7H,3-5H2,1-2H3. The van der Waals surface area contributed by atoms with Gasteiger partial charge in [0.25, 0.3) is 0 Å². The number of hydrogen-bond acceptors (Lipinski definition) is 4. The highest BCUT2D eigenvalue weighted by Gasteiger charge is 2.24. The molecule has 4 nitrogen and oxygen atoms in total. The Bertz CT molecular complexity index is 317. The Labute approximate surface area is 117 Å². The minimum Gasteiger partial charge on any atom is -0.298 e. The highest BCUT2D eigenvalue weighted by Crippen LogP contribution is 2.15. The third-order valence-electron chi connectivity index (χ3n) is 4.23. The number of likely N-dealkylation sites (N-methyl/N-ethyl adjacent to an activating group) is 2. The van der Waals surface area contributed by atoms with E-state index in [1.54, 1.807) is 13.8 Å². The Kier molecular flexibility index (Phi) is 6.66. The number of nitrogens with zero attached hydrogens (tertiary/aromatic N) is 2. The fourth-order valence-corrected chi connectivity index (χ4v) is 3.01. The van der Waals surface area contributed by atoms with Crippen LogP contribution in [0.4, 0.5) is 0 Å². The maximum absolute atomic E-state index is 11.0. The van der Waals surface area contributed by atoms with Crippen LogP contribution in [0.15, 0.2) is 0 Å². The lowest BCUT2D eigenvalue weighted by atomic mass is 10.0. The molecule has 110 valence electrons. The lowest BCUT2D eigenvalue weighted by molar-refractivity contribution is -0.122. The van der Waals surface area contributed by atoms with E-state index in [9.17, 15) is 9.59 Å². The summed E-state index contributed by atoms with van der Waals surface area (Å²) < 4.78 is 0. The summed E-state index contributed by atoms with van der Waals surface area (Å²) in [6.45, 7) is 5.54. The minimum atomic E-state index is 0.216. The van der Waals surface area contributed by atoms with Gasteiger partial charge in [-0.1, -0.05) is 6.42 Å². The summed E-state index contributed by atoms with van der Waals surface area (Å²) in [6, 6.07) is 0.443. The Balaban J connectivity index is 0.000000191. The first-order valence-electron chi connectivity index (χ1n) is 7.35. The monoisotopic (exact) mass is 268 g/mol. The lowest BCUT2D eigenvalue weighted by Crippen LogP contribution is -2.40. The number of hydrogen-bond donors (Lipinski definition) is 0. The number of likely N-dealkylation sites (tertiary alicyclic amines) is 2. The second-order valence-electron chi connectivity index (χ2n) is 5.85. The van der Waals surface area contributed by atoms with Crippen LogP contribution in [0.3, 0.4) is 0 Å². The fraction of sp³-hybridized carbons (Fsp3) is 0.867. The predicted octanol–water partition coefficient (Wildman–Crippen LogP) is 1.73. The lowest BCUT2D eigenvalue weighted by Gasteiger charge is -2.30. The van der Waals surface area contributed by atoms with Crippen LogP contribution in [0.25, 0.3) is 0 Å². The summed E-state index contributed by atoms with van der Waals surface area (Å²) >= 11 is 0. The first kappa shape index (κ1) is 16.3. The molecule has 2 fully saturated rings. The highest BCUT2D eigenvalue weighted by molar-refractivity contribution is 5.81. The van der Waals surface area contributed by atoms with Crippen LogP contribution in [0.1, 0.15) is 46.0 Å². The van der Waals surface area contributed by atoms with Gasteiger partial charge in [0.15, 0.2) is 0 Å². The molecular formula is C15H28N2O2. The second-order valence-corrected chi connectivity index (χ2v) is 5.85. The molecule has 0 aromatic heterocycles. The Morgan fingerprint density at radius 1 is 0.789 bits per heavy atom. The largest absolute Gasteiger partial charge is 0.298 e. The molecule has 2 atom stereocenters. The van der Waals surface area contributed by atoms with Crippen molar-refractivity contribution in [3.05, 3.63) is 0 Å². The first-order chi connectivity index (χ1) is 8.93. The van der Waals surface area contributed by atoms with E-state index >= 15 is 0 Å². The van der Waals surface area contributed by atoms with Gasteiger partial charge in [0.05, 0.1) is 12.1 Å². The van der Waals surface area contributed by atoms with Crippen LogP contribution in [-0.4, -0.2) is 60.6 Å². The van der Waals surface area contributed by atoms with Crippen LogP contribution < -0.4 is 0 Å². The molecular weight excluding hydrogens is 240 g/mol. The number of rotatable bonds is 2. The topological polar surface area (TPSA) is 40.6 Å². The van der Waals surface area contributed by atoms with Gasteiger partial charge in [-0.25, -0.2) is 0 Å². The molecule has 0 aliphatic carbocycles. The van der Waals surface area contributed by atoms with Crippen LogP contribution in [-0.2, 0) is 9.59 Å². The SMILES string of the molecule is CC(=O)C1CCCCN1C.CC(=O)C1CCCN1C. The summed E-state index contributed by atoms with van der Waals surface area (Å²) in [5, 5.41) is 0. The molecule has 0 N–H and O–H groups in total. The summed E-state index contributed by atoms with van der Waals surface area (Å²) in [5.74, 6) is 0.636. The molecule has 2 unspecified atom stereocenters. The quantitative estimate of drug-likeness (QED) is 0.765. The van der Waals surface area contributed by atoms with Crippen molar-refractivity contribution in [1.29, 1.82) is 0 Å². The molecule has 0 amide bonds. The van der Waals surface area contributed by atoms with Gasteiger partial charge in [-0.3, -0.25) is 19.4 Å². The van der Waals surface area contributed by atoms with E-state index < -0.39 is 0 Å². The Morgan fingerprint density at radius 2 is 1.21 bits per heavy atom. The average Bonchev–Trinajstić information content (AvgIpc) is 2.76. The number of ketones is 2. The zero-order valence-electron chi connectivity index (χ0n) is 12.8. The Hall–Kier alpha value is -0.740. The Morgan fingerprint density at radius 3 is 1.47 bits per heavy atom. The summed E-state index contributed by atoms with van der Waals surface area (Å²) in [4.78, 5) is 26.1. The van der Waals surface area contributed by atoms with Crippen LogP contribution in [0, 0.1) is 0 Å². The smallest absolute Gasteiger partial charge is 0.146 e. The molecule has 0 saturated carbocycles. The van der Waals surface area contributed by atoms with Crippen molar-refractivity contribution < 1.29 is 9.59 Å². The third-order valence-corrected chi connectivity index (χ3v) is 4.23. The van der Waals surface area contributed by atoms with E-state index in [4.69, 9.17) is 0 Å². The maximum atomic E-state index is 11.0. The van der Waals surface area contributed by atoms with Gasteiger partial charge in [0.2, 0.25) is 0 Å². The molecule has 2 saturated heterocycles. The predicted molar refractivity (Wildman–Crippen MR) is 77.3 cm³/mol. The van der Waals surface area contributed by atoms with E-state index in [-0.39, 0.29) is 12.1 Å². The summed E-state index contributed by atoms with van der Waals surface area (Å²) in [5.41, 5.74) is 0. The maximum Gasteiger partial charge on any atom is 0.146 e. The van der Waals surface area contributed by atoms with Gasteiger partial charge in [-0.15, -0.1) is 0 Å². The van der Waals surface area contributed by atoms with Gasteiger partial charge in [-0.05, 0) is 66.7 Å². The van der Waals surface area contributed by atoms with Crippen molar-refractivity contribution in [3.63, 3.8) is 0 Å². The molecule has 2 aliphatic heterocycles. The third kappa shape index (κ3) is 5.03. The van der Waals surface area contributed by atoms with Crippen molar-refractivity contribution >= 4 is 11.6 Å². The number of Topliss-reactive ketones (excluding diaryl/α,β-unsaturated/α-hetero) is 2. The van der Waals surface area contributed by atoms with Crippen LogP contribution in [0.2, 0.25) is 0 Å². The number of piperidine rings is 1. The summed E-state index contributed by atoms with van der Waals surface area (Å²) in [7, 11) is 4.05. The molecule has 4 heteroatoms. The fourth-order valence-electron chi connectivity index (χ4n) is 3.01. The molecule has 2 rings (SSSR count). The van der Waals surface area contributed by atoms with Crippen molar-refractivity contribution in [2.24, 2.45) is 0 Å². The van der Waals surface area contributed by atoms with E-state index in [0.717, 1.165) is 25.9 Å². The molecule has 19 heavy (non-hydrogen) atoms. The second kappa shape index (κ2) is 7.75. The van der Waals surface area contributed by atoms with E-state index in [1.807, 2.05) is 14.1 Å². The van der Waals surface area contributed by atoms with E-state index in [0.29, 0.717) is 11.6 Å². The molecule has 0 spiro atoms. The molecule has 0 aromatic carbocycles. The molecule has 2 aliphatic rings. The van der Waals surface area contributed by atoms with Crippen LogP contribution in [0.5, 0.6) is 0 Å². The van der Waals surface area contributed by atoms with Gasteiger partial charge >= 0.3 is 0 Å². The minimum absolute atomic E-state index is 0.216. The average molecular weight is 268 g/mol. The normalized spacial score (nSPS) is 28.6.